The van der Waals surface area contributed by atoms with Crippen molar-refractivity contribution in [3.63, 3.8) is 0 Å². The molecule has 0 spiro atoms. The van der Waals surface area contributed by atoms with Gasteiger partial charge in [-0.1, -0.05) is 6.07 Å². The molecule has 0 atom stereocenters. The lowest BCUT2D eigenvalue weighted by molar-refractivity contribution is -0.742. The Morgan fingerprint density at radius 2 is 1.97 bits per heavy atom. The van der Waals surface area contributed by atoms with E-state index in [4.69, 9.17) is 35.4 Å². The first kappa shape index (κ1) is 25.1. The minimum Gasteiger partial charge on any atom is -0.492 e. The molecule has 0 aliphatic rings. The minimum absolute atomic E-state index is 0.0273. The van der Waals surface area contributed by atoms with Crippen LogP contribution >= 0.6 is 0 Å². The third-order valence-corrected chi connectivity index (χ3v) is 4.58. The van der Waals surface area contributed by atoms with Crippen LogP contribution in [0.5, 0.6) is 11.5 Å². The second-order valence-electron chi connectivity index (χ2n) is 5.71. The Bertz CT molecular complexity index is 1040. The number of guanidine groups is 1. The van der Waals surface area contributed by atoms with Crippen molar-refractivity contribution in [2.75, 3.05) is 13.2 Å². The normalized spacial score (nSPS) is 10.3. The van der Waals surface area contributed by atoms with Gasteiger partial charge in [0.05, 0.1) is 6.54 Å². The molecule has 168 valence electrons. The van der Waals surface area contributed by atoms with Crippen molar-refractivity contribution >= 4 is 22.8 Å². The maximum Gasteiger partial charge on any atom is 0.339 e. The van der Waals surface area contributed by atoms with Crippen LogP contribution in [0.2, 0.25) is 0 Å². The number of hydrogen-bond acceptors (Lipinski definition) is 8. The molecule has 0 radical (unpaired) electrons. The van der Waals surface area contributed by atoms with Crippen LogP contribution in [0.4, 0.5) is 4.39 Å². The highest BCUT2D eigenvalue weighted by Crippen LogP contribution is 2.26. The van der Waals surface area contributed by atoms with Gasteiger partial charge in [0.25, 0.3) is 5.09 Å². The Morgan fingerprint density at radius 3 is 2.52 bits per heavy atom. The predicted molar refractivity (Wildman–Crippen MR) is 108 cm³/mol. The number of aryl methyl sites for hydroxylation is 1. The SMILES string of the molecule is C=NN(CCOc1cc(C)cc(OS(=O)(=O)c2cccc(F)c2)c1)C(=N)N.O=[N+]([O-])O. The standard InChI is InChI=1S/C17H19FN4O4S.HNO3/c1-12-8-14(25-7-6-22(21-2)17(19)20)11-15(9-12)26-27(23,24)16-5-3-4-13(18)10-16;2-1(3)4/h3-5,8-11H,2,6-7H2,1H3,(H3,19,20);(H,2,3,4). The zero-order chi connectivity index (χ0) is 23.6. The summed E-state index contributed by atoms with van der Waals surface area (Å²) in [6, 6.07) is 9.12. The molecule has 2 aromatic rings. The van der Waals surface area contributed by atoms with Crippen LogP contribution in [0, 0.1) is 28.3 Å². The summed E-state index contributed by atoms with van der Waals surface area (Å²) < 4.78 is 48.5. The van der Waals surface area contributed by atoms with Crippen LogP contribution in [-0.4, -0.2) is 49.5 Å². The van der Waals surface area contributed by atoms with Gasteiger partial charge in [-0.25, -0.2) is 9.40 Å². The van der Waals surface area contributed by atoms with E-state index >= 15 is 0 Å². The zero-order valence-corrected chi connectivity index (χ0v) is 17.1. The third kappa shape index (κ3) is 8.95. The van der Waals surface area contributed by atoms with Gasteiger partial charge in [-0.05, 0) is 42.8 Å². The fourth-order valence-electron chi connectivity index (χ4n) is 2.16. The Balaban J connectivity index is 0.00000110. The van der Waals surface area contributed by atoms with Crippen LogP contribution in [0.3, 0.4) is 0 Å². The number of hydrazone groups is 1. The molecular formula is C17H20FN5O7S. The van der Waals surface area contributed by atoms with Crippen molar-refractivity contribution in [3.8, 4) is 11.5 Å². The van der Waals surface area contributed by atoms with Gasteiger partial charge in [0.1, 0.15) is 28.8 Å². The Labute approximate surface area is 177 Å². The maximum atomic E-state index is 13.3. The molecule has 31 heavy (non-hydrogen) atoms. The molecule has 0 aliphatic carbocycles. The van der Waals surface area contributed by atoms with Gasteiger partial charge in [-0.2, -0.15) is 13.5 Å². The van der Waals surface area contributed by atoms with E-state index in [1.807, 2.05) is 0 Å². The van der Waals surface area contributed by atoms with Crippen molar-refractivity contribution in [1.29, 1.82) is 5.41 Å². The summed E-state index contributed by atoms with van der Waals surface area (Å²) in [6.07, 6.45) is 0. The average Bonchev–Trinajstić information content (AvgIpc) is 2.63. The van der Waals surface area contributed by atoms with E-state index in [2.05, 4.69) is 11.8 Å². The lowest BCUT2D eigenvalue weighted by atomic mass is 10.2. The van der Waals surface area contributed by atoms with E-state index in [9.17, 15) is 12.8 Å². The molecule has 0 amide bonds. The fraction of sp³-hybridized carbons (Fsp3) is 0.176. The van der Waals surface area contributed by atoms with E-state index in [0.29, 0.717) is 11.3 Å². The van der Waals surface area contributed by atoms with Crippen LogP contribution in [-0.2, 0) is 10.1 Å². The molecule has 0 unspecified atom stereocenters. The van der Waals surface area contributed by atoms with Gasteiger partial charge < -0.3 is 19.9 Å². The lowest BCUT2D eigenvalue weighted by Crippen LogP contribution is -2.34. The average molecular weight is 457 g/mol. The monoisotopic (exact) mass is 457 g/mol. The first-order valence-corrected chi connectivity index (χ1v) is 9.71. The van der Waals surface area contributed by atoms with Gasteiger partial charge in [0.15, 0.2) is 0 Å². The summed E-state index contributed by atoms with van der Waals surface area (Å²) in [6.45, 7) is 5.34. The smallest absolute Gasteiger partial charge is 0.339 e. The topological polar surface area (TPSA) is 181 Å². The molecule has 0 aliphatic heterocycles. The highest BCUT2D eigenvalue weighted by molar-refractivity contribution is 7.87. The highest BCUT2D eigenvalue weighted by atomic mass is 32.2. The number of hydrogen-bond donors (Lipinski definition) is 3. The van der Waals surface area contributed by atoms with E-state index in [1.54, 1.807) is 13.0 Å². The number of ether oxygens (including phenoxy) is 1. The summed E-state index contributed by atoms with van der Waals surface area (Å²) >= 11 is 0. The van der Waals surface area contributed by atoms with E-state index < -0.39 is 21.0 Å². The summed E-state index contributed by atoms with van der Waals surface area (Å²) in [5.74, 6) is -0.576. The van der Waals surface area contributed by atoms with Crippen molar-refractivity contribution in [1.82, 2.24) is 5.01 Å². The number of rotatable bonds is 8. The first-order valence-electron chi connectivity index (χ1n) is 8.30. The molecule has 2 rings (SSSR count). The maximum absolute atomic E-state index is 13.3. The van der Waals surface area contributed by atoms with Crippen LogP contribution in [0.25, 0.3) is 0 Å². The minimum atomic E-state index is -4.19. The molecule has 0 heterocycles. The highest BCUT2D eigenvalue weighted by Gasteiger charge is 2.18. The molecule has 14 heteroatoms. The number of nitrogens with zero attached hydrogens (tertiary/aromatic N) is 3. The van der Waals surface area contributed by atoms with Crippen molar-refractivity contribution in [3.05, 3.63) is 64.0 Å². The molecule has 2 aromatic carbocycles. The summed E-state index contributed by atoms with van der Waals surface area (Å²) in [4.78, 5) is 8.07. The van der Waals surface area contributed by atoms with Crippen molar-refractivity contribution < 1.29 is 32.0 Å². The largest absolute Gasteiger partial charge is 0.492 e. The zero-order valence-electron chi connectivity index (χ0n) is 16.3. The molecular weight excluding hydrogens is 437 g/mol. The van der Waals surface area contributed by atoms with Crippen LogP contribution < -0.4 is 14.7 Å². The van der Waals surface area contributed by atoms with Crippen molar-refractivity contribution in [2.24, 2.45) is 10.8 Å². The Hall–Kier alpha value is -3.94. The van der Waals surface area contributed by atoms with E-state index in [0.717, 1.165) is 17.1 Å². The van der Waals surface area contributed by atoms with Crippen LogP contribution in [0.1, 0.15) is 5.56 Å². The third-order valence-electron chi connectivity index (χ3n) is 3.34. The fourth-order valence-corrected chi connectivity index (χ4v) is 3.11. The molecule has 0 saturated heterocycles. The van der Waals surface area contributed by atoms with Gasteiger partial charge in [0, 0.05) is 12.8 Å². The van der Waals surface area contributed by atoms with Crippen LogP contribution in [0.15, 0.2) is 52.5 Å². The number of nitrogens with one attached hydrogen (secondary N) is 1. The van der Waals surface area contributed by atoms with Gasteiger partial charge in [0.2, 0.25) is 5.96 Å². The quantitative estimate of drug-likeness (QED) is 0.175. The molecule has 0 bridgehead atoms. The molecule has 4 N–H and O–H groups in total. The summed E-state index contributed by atoms with van der Waals surface area (Å²) in [7, 11) is -4.19. The summed E-state index contributed by atoms with van der Waals surface area (Å²) in [5.41, 5.74) is 6.01. The second kappa shape index (κ2) is 11.3. The second-order valence-corrected chi connectivity index (χ2v) is 7.26. The predicted octanol–water partition coefficient (Wildman–Crippen LogP) is 1.74. The molecule has 0 fully saturated rings. The molecule has 12 nitrogen and oxygen atoms in total. The van der Waals surface area contributed by atoms with Gasteiger partial charge in [-0.3, -0.25) is 5.41 Å². The molecule has 0 aromatic heterocycles. The van der Waals surface area contributed by atoms with E-state index in [1.165, 1.54) is 24.3 Å². The number of benzene rings is 2. The Kier molecular flexibility index (Phi) is 9.15. The van der Waals surface area contributed by atoms with Crippen molar-refractivity contribution in [2.45, 2.75) is 11.8 Å². The number of halogens is 1. The summed E-state index contributed by atoms with van der Waals surface area (Å²) in [5, 5.41) is 25.6. The lowest BCUT2D eigenvalue weighted by Gasteiger charge is -2.16. The Morgan fingerprint density at radius 1 is 1.35 bits per heavy atom. The molecule has 0 saturated carbocycles. The number of nitrogens with two attached hydrogens (primary N) is 1. The first-order chi connectivity index (χ1) is 14.4. The van der Waals surface area contributed by atoms with Gasteiger partial charge in [-0.15, -0.1) is 10.1 Å². The van der Waals surface area contributed by atoms with Gasteiger partial charge >= 0.3 is 10.1 Å². The van der Waals surface area contributed by atoms with E-state index in [-0.39, 0.29) is 29.8 Å².